The Bertz CT molecular complexity index is 960. The minimum atomic E-state index is -0.445. The second kappa shape index (κ2) is 10.7. The van der Waals surface area contributed by atoms with E-state index in [1.165, 1.54) is 18.4 Å². The summed E-state index contributed by atoms with van der Waals surface area (Å²) in [6, 6.07) is 3.26. The van der Waals surface area contributed by atoms with Crippen LogP contribution < -0.4 is 19.5 Å². The molecule has 0 radical (unpaired) electrons. The fourth-order valence-corrected chi connectivity index (χ4v) is 4.94. The first-order valence-corrected chi connectivity index (χ1v) is 11.5. The van der Waals surface area contributed by atoms with E-state index in [0.29, 0.717) is 53.2 Å². The first kappa shape index (κ1) is 23.9. The highest BCUT2D eigenvalue weighted by Crippen LogP contribution is 2.41. The van der Waals surface area contributed by atoms with E-state index in [9.17, 15) is 9.59 Å². The summed E-state index contributed by atoms with van der Waals surface area (Å²) in [5.74, 6) is 0.528. The van der Waals surface area contributed by atoms with Crippen molar-refractivity contribution in [3.05, 3.63) is 33.7 Å². The first-order chi connectivity index (χ1) is 15.4. The number of carbonyl (C=O) groups excluding carboxylic acids is 2. The monoisotopic (exact) mass is 462 g/mol. The number of nitrogens with zero attached hydrogens (tertiary/aromatic N) is 1. The number of fused-ring (bicyclic) bond motifs is 1. The van der Waals surface area contributed by atoms with Gasteiger partial charge in [-0.15, -0.1) is 11.3 Å². The topological polar surface area (TPSA) is 86.3 Å². The van der Waals surface area contributed by atoms with Gasteiger partial charge in [0, 0.05) is 23.5 Å². The van der Waals surface area contributed by atoms with Crippen LogP contribution in [0.15, 0.2) is 12.1 Å². The van der Waals surface area contributed by atoms with Gasteiger partial charge in [-0.05, 0) is 51.9 Å². The van der Waals surface area contributed by atoms with E-state index in [0.717, 1.165) is 30.0 Å². The zero-order valence-electron chi connectivity index (χ0n) is 19.2. The van der Waals surface area contributed by atoms with Crippen molar-refractivity contribution >= 4 is 28.2 Å². The van der Waals surface area contributed by atoms with Crippen LogP contribution in [0.5, 0.6) is 17.2 Å². The van der Waals surface area contributed by atoms with Crippen LogP contribution in [0.1, 0.15) is 51.9 Å². The molecule has 0 bridgehead atoms. The van der Waals surface area contributed by atoms with Crippen molar-refractivity contribution in [2.45, 2.75) is 33.7 Å². The van der Waals surface area contributed by atoms with Gasteiger partial charge in [-0.25, -0.2) is 4.79 Å². The zero-order chi connectivity index (χ0) is 23.3. The summed E-state index contributed by atoms with van der Waals surface area (Å²) in [5.41, 5.74) is 1.74. The number of amides is 1. The van der Waals surface area contributed by atoms with E-state index in [4.69, 9.17) is 18.9 Å². The Morgan fingerprint density at radius 1 is 1.06 bits per heavy atom. The number of ether oxygens (including phenoxy) is 4. The van der Waals surface area contributed by atoms with Crippen LogP contribution in [0.25, 0.3) is 0 Å². The summed E-state index contributed by atoms with van der Waals surface area (Å²) in [6.45, 7) is 8.42. The van der Waals surface area contributed by atoms with Crippen LogP contribution in [-0.4, -0.2) is 57.3 Å². The Morgan fingerprint density at radius 2 is 1.69 bits per heavy atom. The number of methoxy groups -OCH3 is 1. The van der Waals surface area contributed by atoms with Gasteiger partial charge >= 0.3 is 5.97 Å². The van der Waals surface area contributed by atoms with Crippen molar-refractivity contribution in [2.24, 2.45) is 0 Å². The highest BCUT2D eigenvalue weighted by molar-refractivity contribution is 7.17. The van der Waals surface area contributed by atoms with E-state index < -0.39 is 5.97 Å². The van der Waals surface area contributed by atoms with Crippen molar-refractivity contribution in [1.29, 1.82) is 0 Å². The normalized spacial score (nSPS) is 13.3. The van der Waals surface area contributed by atoms with E-state index in [-0.39, 0.29) is 5.91 Å². The van der Waals surface area contributed by atoms with Gasteiger partial charge in [-0.3, -0.25) is 4.79 Å². The van der Waals surface area contributed by atoms with Gasteiger partial charge in [0.2, 0.25) is 5.75 Å². The first-order valence-electron chi connectivity index (χ1n) is 10.7. The standard InChI is InChI=1S/C23H30N2O6S/c1-6-29-16-11-14(12-17(30-7-2)20(16)31-8-3)21(26)24-22-19(23(27)28-5)15-9-10-25(4)13-18(15)32-22/h11-12H,6-10,13H2,1-5H3,(H,24,26). The Balaban J connectivity index is 1.99. The van der Waals surface area contributed by atoms with Gasteiger partial charge < -0.3 is 29.2 Å². The van der Waals surface area contributed by atoms with Crippen LogP contribution in [-0.2, 0) is 17.7 Å². The zero-order valence-corrected chi connectivity index (χ0v) is 20.0. The minimum Gasteiger partial charge on any atom is -0.490 e. The Hall–Kier alpha value is -2.78. The molecule has 1 aliphatic heterocycles. The van der Waals surface area contributed by atoms with Crippen LogP contribution >= 0.6 is 11.3 Å². The molecule has 2 aromatic rings. The molecule has 0 saturated heterocycles. The average Bonchev–Trinajstić information content (AvgIpc) is 3.12. The van der Waals surface area contributed by atoms with Crippen molar-refractivity contribution in [2.75, 3.05) is 45.8 Å². The van der Waals surface area contributed by atoms with Crippen LogP contribution in [0.4, 0.5) is 5.00 Å². The van der Waals surface area contributed by atoms with Crippen molar-refractivity contribution < 1.29 is 28.5 Å². The third-order valence-electron chi connectivity index (χ3n) is 5.04. The largest absolute Gasteiger partial charge is 0.490 e. The van der Waals surface area contributed by atoms with E-state index in [2.05, 4.69) is 10.2 Å². The summed E-state index contributed by atoms with van der Waals surface area (Å²) >= 11 is 1.41. The molecule has 0 atom stereocenters. The van der Waals surface area contributed by atoms with Crippen molar-refractivity contribution in [3.63, 3.8) is 0 Å². The summed E-state index contributed by atoms with van der Waals surface area (Å²) in [7, 11) is 3.38. The van der Waals surface area contributed by atoms with E-state index >= 15 is 0 Å². The molecule has 1 amide bonds. The Labute approximate surface area is 192 Å². The lowest BCUT2D eigenvalue weighted by atomic mass is 10.0. The smallest absolute Gasteiger partial charge is 0.341 e. The molecule has 1 N–H and O–H groups in total. The third kappa shape index (κ3) is 4.99. The van der Waals surface area contributed by atoms with Gasteiger partial charge in [-0.1, -0.05) is 0 Å². The second-order valence-corrected chi connectivity index (χ2v) is 8.35. The molecule has 0 spiro atoms. The average molecular weight is 463 g/mol. The number of esters is 1. The molecule has 9 heteroatoms. The molecule has 174 valence electrons. The number of anilines is 1. The quantitative estimate of drug-likeness (QED) is 0.564. The maximum atomic E-state index is 13.2. The summed E-state index contributed by atoms with van der Waals surface area (Å²) in [6.07, 6.45) is 0.731. The lowest BCUT2D eigenvalue weighted by molar-refractivity contribution is 0.0600. The predicted molar refractivity (Wildman–Crippen MR) is 124 cm³/mol. The predicted octanol–water partition coefficient (Wildman–Crippen LogP) is 3.97. The Kier molecular flexibility index (Phi) is 7.98. The highest BCUT2D eigenvalue weighted by atomic mass is 32.1. The number of benzene rings is 1. The Morgan fingerprint density at radius 3 is 2.25 bits per heavy atom. The maximum Gasteiger partial charge on any atom is 0.341 e. The lowest BCUT2D eigenvalue weighted by Crippen LogP contribution is -2.26. The van der Waals surface area contributed by atoms with Gasteiger partial charge in [0.25, 0.3) is 5.91 Å². The fourth-order valence-electron chi connectivity index (χ4n) is 3.63. The van der Waals surface area contributed by atoms with Crippen LogP contribution in [0.3, 0.4) is 0 Å². The SMILES string of the molecule is CCOc1cc(C(=O)Nc2sc3c(c2C(=O)OC)CCN(C)C3)cc(OCC)c1OCC. The van der Waals surface area contributed by atoms with Crippen LogP contribution in [0.2, 0.25) is 0 Å². The molecule has 1 aromatic heterocycles. The lowest BCUT2D eigenvalue weighted by Gasteiger charge is -2.22. The number of thiophene rings is 1. The third-order valence-corrected chi connectivity index (χ3v) is 6.17. The molecule has 2 heterocycles. The number of likely N-dealkylation sites (N-methyl/N-ethyl adjacent to an activating group) is 1. The maximum absolute atomic E-state index is 13.2. The molecule has 0 unspecified atom stereocenters. The van der Waals surface area contributed by atoms with Gasteiger partial charge in [-0.2, -0.15) is 0 Å². The molecule has 1 aliphatic rings. The molecular formula is C23H30N2O6S. The molecule has 0 fully saturated rings. The molecule has 32 heavy (non-hydrogen) atoms. The number of hydrogen-bond acceptors (Lipinski definition) is 8. The van der Waals surface area contributed by atoms with E-state index in [1.54, 1.807) is 12.1 Å². The summed E-state index contributed by atoms with van der Waals surface area (Å²) in [4.78, 5) is 29.0. The van der Waals surface area contributed by atoms with Gasteiger partial charge in [0.1, 0.15) is 5.00 Å². The minimum absolute atomic E-state index is 0.347. The van der Waals surface area contributed by atoms with Gasteiger partial charge in [0.05, 0.1) is 32.5 Å². The van der Waals surface area contributed by atoms with Crippen molar-refractivity contribution in [3.8, 4) is 17.2 Å². The molecule has 3 rings (SSSR count). The number of rotatable bonds is 9. The summed E-state index contributed by atoms with van der Waals surface area (Å²) < 4.78 is 22.1. The van der Waals surface area contributed by atoms with E-state index in [1.807, 2.05) is 27.8 Å². The number of hydrogen-bond donors (Lipinski definition) is 1. The second-order valence-electron chi connectivity index (χ2n) is 7.24. The molecule has 1 aromatic carbocycles. The summed E-state index contributed by atoms with van der Waals surface area (Å²) in [5, 5.41) is 3.41. The molecular weight excluding hydrogens is 432 g/mol. The van der Waals surface area contributed by atoms with Crippen molar-refractivity contribution in [1.82, 2.24) is 4.90 Å². The highest BCUT2D eigenvalue weighted by Gasteiger charge is 2.29. The van der Waals surface area contributed by atoms with Crippen LogP contribution in [0, 0.1) is 0 Å². The number of nitrogens with one attached hydrogen (secondary N) is 1. The molecule has 0 aliphatic carbocycles. The van der Waals surface area contributed by atoms with Gasteiger partial charge in [0.15, 0.2) is 11.5 Å². The number of carbonyl (C=O) groups is 2. The molecule has 0 saturated carbocycles. The molecule has 8 nitrogen and oxygen atoms in total. The fraction of sp³-hybridized carbons (Fsp3) is 0.478.